The van der Waals surface area contributed by atoms with Gasteiger partial charge in [0.15, 0.2) is 0 Å². The van der Waals surface area contributed by atoms with E-state index < -0.39 is 0 Å². The summed E-state index contributed by atoms with van der Waals surface area (Å²) < 4.78 is 5.71. The molecule has 1 unspecified atom stereocenters. The van der Waals surface area contributed by atoms with Gasteiger partial charge in [-0.25, -0.2) is 0 Å². The number of rotatable bonds is 3. The van der Waals surface area contributed by atoms with Gasteiger partial charge in [-0.3, -0.25) is 0 Å². The Morgan fingerprint density at radius 2 is 2.33 bits per heavy atom. The Morgan fingerprint density at radius 1 is 1.44 bits per heavy atom. The zero-order chi connectivity index (χ0) is 12.5. The normalized spacial score (nSPS) is 18.9. The van der Waals surface area contributed by atoms with E-state index in [0.29, 0.717) is 6.04 Å². The van der Waals surface area contributed by atoms with E-state index in [2.05, 4.69) is 24.0 Å². The quantitative estimate of drug-likeness (QED) is 0.872. The fourth-order valence-electron chi connectivity index (χ4n) is 2.73. The fourth-order valence-corrected chi connectivity index (χ4v) is 2.73. The van der Waals surface area contributed by atoms with E-state index in [-0.39, 0.29) is 0 Å². The first kappa shape index (κ1) is 11.6. The summed E-state index contributed by atoms with van der Waals surface area (Å²) in [6, 6.07) is 6.61. The molecule has 1 atom stereocenters. The van der Waals surface area contributed by atoms with E-state index in [1.54, 1.807) is 0 Å². The Balaban J connectivity index is 2.01. The summed E-state index contributed by atoms with van der Waals surface area (Å²) in [5.41, 5.74) is 10.0. The largest absolute Gasteiger partial charge is 0.494 e. The predicted octanol–water partition coefficient (Wildman–Crippen LogP) is 2.77. The Kier molecular flexibility index (Phi) is 3.00. The van der Waals surface area contributed by atoms with E-state index in [4.69, 9.17) is 10.5 Å². The molecule has 0 fully saturated rings. The van der Waals surface area contributed by atoms with Gasteiger partial charge in [0.05, 0.1) is 6.61 Å². The molecule has 3 heteroatoms. The van der Waals surface area contributed by atoms with Crippen LogP contribution in [0.5, 0.6) is 5.75 Å². The molecule has 1 aliphatic rings. The third kappa shape index (κ3) is 1.99. The Hall–Kier alpha value is -1.48. The number of aryl methyl sites for hydroxylation is 1. The van der Waals surface area contributed by atoms with Crippen molar-refractivity contribution >= 4 is 10.9 Å². The lowest BCUT2D eigenvalue weighted by Gasteiger charge is -2.18. The molecule has 18 heavy (non-hydrogen) atoms. The number of nitrogens with one attached hydrogen (secondary N) is 1. The molecule has 3 rings (SSSR count). The molecule has 1 aromatic heterocycles. The number of hydrogen-bond donors (Lipinski definition) is 2. The average molecular weight is 244 g/mol. The smallest absolute Gasteiger partial charge is 0.120 e. The number of nitrogens with two attached hydrogens (primary N) is 1. The molecule has 0 amide bonds. The van der Waals surface area contributed by atoms with E-state index in [1.807, 2.05) is 6.07 Å². The highest BCUT2D eigenvalue weighted by Gasteiger charge is 2.20. The van der Waals surface area contributed by atoms with Crippen LogP contribution in [0.15, 0.2) is 18.2 Å². The number of ether oxygens (including phenoxy) is 1. The molecular formula is C15H20N2O. The molecule has 0 aliphatic heterocycles. The van der Waals surface area contributed by atoms with Crippen LogP contribution in [0.1, 0.15) is 31.0 Å². The van der Waals surface area contributed by atoms with Crippen LogP contribution in [0.4, 0.5) is 0 Å². The summed E-state index contributed by atoms with van der Waals surface area (Å²) in [7, 11) is 0. The maximum atomic E-state index is 6.07. The van der Waals surface area contributed by atoms with Gasteiger partial charge in [0.1, 0.15) is 5.75 Å². The SMILES string of the molecule is CCCOc1ccc2[nH]c3c(c2c1)CC(N)CC3. The van der Waals surface area contributed by atoms with Gasteiger partial charge in [-0.05, 0) is 49.4 Å². The van der Waals surface area contributed by atoms with Crippen LogP contribution >= 0.6 is 0 Å². The van der Waals surface area contributed by atoms with Crippen molar-refractivity contribution in [3.63, 3.8) is 0 Å². The topological polar surface area (TPSA) is 51.0 Å². The van der Waals surface area contributed by atoms with E-state index >= 15 is 0 Å². The highest BCUT2D eigenvalue weighted by molar-refractivity contribution is 5.86. The zero-order valence-electron chi connectivity index (χ0n) is 10.8. The number of hydrogen-bond acceptors (Lipinski definition) is 2. The lowest BCUT2D eigenvalue weighted by Crippen LogP contribution is -2.27. The summed E-state index contributed by atoms with van der Waals surface area (Å²) >= 11 is 0. The van der Waals surface area contributed by atoms with Gasteiger partial charge >= 0.3 is 0 Å². The maximum Gasteiger partial charge on any atom is 0.120 e. The van der Waals surface area contributed by atoms with Crippen LogP contribution in [0.25, 0.3) is 10.9 Å². The van der Waals surface area contributed by atoms with Crippen LogP contribution in [0.3, 0.4) is 0 Å². The standard InChI is InChI=1S/C15H20N2O/c1-2-7-18-11-4-6-15-13(9-11)12-8-10(16)3-5-14(12)17-15/h4,6,9-10,17H,2-3,5,7-8,16H2,1H3. The molecule has 3 nitrogen and oxygen atoms in total. The van der Waals surface area contributed by atoms with E-state index in [0.717, 1.165) is 38.0 Å². The highest BCUT2D eigenvalue weighted by atomic mass is 16.5. The molecule has 1 heterocycles. The summed E-state index contributed by atoms with van der Waals surface area (Å²) in [5.74, 6) is 0.963. The van der Waals surface area contributed by atoms with Gasteiger partial charge in [0.2, 0.25) is 0 Å². The Labute approximate surface area is 107 Å². The number of benzene rings is 1. The summed E-state index contributed by atoms with van der Waals surface area (Å²) in [6.07, 6.45) is 4.16. The van der Waals surface area contributed by atoms with Crippen LogP contribution in [-0.2, 0) is 12.8 Å². The van der Waals surface area contributed by atoms with Crippen LogP contribution in [0.2, 0.25) is 0 Å². The fraction of sp³-hybridized carbons (Fsp3) is 0.467. The van der Waals surface area contributed by atoms with Gasteiger partial charge < -0.3 is 15.5 Å². The molecule has 1 aromatic carbocycles. The minimum atomic E-state index is 0.303. The second-order valence-electron chi connectivity index (χ2n) is 5.14. The lowest BCUT2D eigenvalue weighted by molar-refractivity contribution is 0.318. The summed E-state index contributed by atoms with van der Waals surface area (Å²) in [4.78, 5) is 3.51. The molecule has 0 saturated heterocycles. The number of aromatic amines is 1. The molecule has 96 valence electrons. The number of fused-ring (bicyclic) bond motifs is 3. The first-order chi connectivity index (χ1) is 8.78. The van der Waals surface area contributed by atoms with E-state index in [1.165, 1.54) is 22.2 Å². The van der Waals surface area contributed by atoms with Gasteiger partial charge in [-0.15, -0.1) is 0 Å². The number of aromatic nitrogens is 1. The first-order valence-corrected chi connectivity index (χ1v) is 6.79. The van der Waals surface area contributed by atoms with Gasteiger partial charge in [0.25, 0.3) is 0 Å². The molecule has 2 aromatic rings. The predicted molar refractivity (Wildman–Crippen MR) is 74.1 cm³/mol. The zero-order valence-corrected chi connectivity index (χ0v) is 10.8. The third-order valence-electron chi connectivity index (χ3n) is 3.67. The average Bonchev–Trinajstić information content (AvgIpc) is 2.74. The Morgan fingerprint density at radius 3 is 3.17 bits per heavy atom. The van der Waals surface area contributed by atoms with Gasteiger partial charge in [-0.1, -0.05) is 6.92 Å². The van der Waals surface area contributed by atoms with Crippen molar-refractivity contribution in [3.8, 4) is 5.75 Å². The van der Waals surface area contributed by atoms with Gasteiger partial charge in [0, 0.05) is 22.6 Å². The van der Waals surface area contributed by atoms with E-state index in [9.17, 15) is 0 Å². The van der Waals surface area contributed by atoms with Crippen molar-refractivity contribution in [2.24, 2.45) is 5.73 Å². The molecule has 0 radical (unpaired) electrons. The maximum absolute atomic E-state index is 6.07. The van der Waals surface area contributed by atoms with Crippen molar-refractivity contribution in [3.05, 3.63) is 29.5 Å². The number of H-pyrrole nitrogens is 1. The van der Waals surface area contributed by atoms with Crippen LogP contribution < -0.4 is 10.5 Å². The minimum absolute atomic E-state index is 0.303. The summed E-state index contributed by atoms with van der Waals surface area (Å²) in [5, 5.41) is 1.29. The van der Waals surface area contributed by atoms with Crippen molar-refractivity contribution < 1.29 is 4.74 Å². The van der Waals surface area contributed by atoms with Crippen molar-refractivity contribution in [2.75, 3.05) is 6.61 Å². The monoisotopic (exact) mass is 244 g/mol. The molecule has 0 bridgehead atoms. The van der Waals surface area contributed by atoms with Crippen molar-refractivity contribution in [1.82, 2.24) is 4.98 Å². The van der Waals surface area contributed by atoms with Crippen LogP contribution in [-0.4, -0.2) is 17.6 Å². The van der Waals surface area contributed by atoms with Crippen LogP contribution in [0, 0.1) is 0 Å². The molecule has 0 saturated carbocycles. The second-order valence-corrected chi connectivity index (χ2v) is 5.14. The molecule has 0 spiro atoms. The second kappa shape index (κ2) is 4.65. The molecule has 3 N–H and O–H groups in total. The molecular weight excluding hydrogens is 224 g/mol. The minimum Gasteiger partial charge on any atom is -0.494 e. The molecule has 1 aliphatic carbocycles. The van der Waals surface area contributed by atoms with Gasteiger partial charge in [-0.2, -0.15) is 0 Å². The van der Waals surface area contributed by atoms with Crippen molar-refractivity contribution in [1.29, 1.82) is 0 Å². The first-order valence-electron chi connectivity index (χ1n) is 6.79. The highest BCUT2D eigenvalue weighted by Crippen LogP contribution is 2.31. The lowest BCUT2D eigenvalue weighted by atomic mass is 9.92. The Bertz CT molecular complexity index is 559. The summed E-state index contributed by atoms with van der Waals surface area (Å²) in [6.45, 7) is 2.90. The van der Waals surface area contributed by atoms with Crippen molar-refractivity contribution in [2.45, 2.75) is 38.6 Å². The third-order valence-corrected chi connectivity index (χ3v) is 3.67.